The highest BCUT2D eigenvalue weighted by molar-refractivity contribution is 7.87. The zero-order chi connectivity index (χ0) is 34.4. The molecule has 4 heterocycles. The number of hydrogen-bond donors (Lipinski definition) is 0. The summed E-state index contributed by atoms with van der Waals surface area (Å²) in [6.45, 7) is 13.2. The molecule has 3 fully saturated rings. The van der Waals surface area contributed by atoms with Gasteiger partial charge < -0.3 is 9.31 Å². The molecule has 3 unspecified atom stereocenters. The average Bonchev–Trinajstić information content (AvgIpc) is 3.15. The van der Waals surface area contributed by atoms with E-state index in [-0.39, 0.29) is 39.6 Å². The molecule has 9 nitrogen and oxygen atoms in total. The molecule has 0 N–H and O–H groups in total. The van der Waals surface area contributed by atoms with E-state index in [4.69, 9.17) is 9.31 Å². The van der Waals surface area contributed by atoms with Crippen LogP contribution in [0.4, 0.5) is 13.2 Å². The van der Waals surface area contributed by atoms with Crippen LogP contribution in [0.2, 0.25) is 0 Å². The zero-order valence-corrected chi connectivity index (χ0v) is 30.8. The van der Waals surface area contributed by atoms with Crippen LogP contribution in [-0.2, 0) is 28.4 Å². The Hall–Kier alpha value is 0.655. The minimum Gasteiger partial charge on any atom is -0.400 e. The molecule has 4 aliphatic rings. The molecular formula is C22H42B7F3N3O6P3S. The van der Waals surface area contributed by atoms with E-state index in [1.807, 2.05) is 4.67 Å². The quantitative estimate of drug-likeness (QED) is 0.187. The number of ketones is 1. The summed E-state index contributed by atoms with van der Waals surface area (Å²) in [6, 6.07) is 0. The first-order valence-corrected chi connectivity index (χ1v) is 16.8. The molecule has 4 rings (SSSR count). The first-order chi connectivity index (χ1) is 20.2. The summed E-state index contributed by atoms with van der Waals surface area (Å²) in [7, 11) is 20.1. The number of carbonyl (C=O) groups is 1. The number of Topliss-reactive ketones (excluding diaryl/α,β-unsaturated/α-hetero) is 1. The van der Waals surface area contributed by atoms with Crippen molar-refractivity contribution in [1.82, 2.24) is 14.0 Å². The van der Waals surface area contributed by atoms with Crippen molar-refractivity contribution in [2.75, 3.05) is 39.3 Å². The van der Waals surface area contributed by atoms with Gasteiger partial charge in [-0.05, 0) is 52.4 Å². The molecule has 23 heteroatoms. The maximum absolute atomic E-state index is 11.9. The summed E-state index contributed by atoms with van der Waals surface area (Å²) < 4.78 is 79.4. The summed E-state index contributed by atoms with van der Waals surface area (Å²) in [5.74, 6) is 0.406. The largest absolute Gasteiger partial charge is 0.523 e. The number of carbonyl (C=O) groups excluding carboxylic acids is 1. The van der Waals surface area contributed by atoms with Gasteiger partial charge in [0.2, 0.25) is 0 Å². The van der Waals surface area contributed by atoms with Crippen LogP contribution in [0.5, 0.6) is 0 Å². The molecule has 0 amide bonds. The van der Waals surface area contributed by atoms with E-state index in [1.165, 1.54) is 5.47 Å². The van der Waals surface area contributed by atoms with Gasteiger partial charge in [-0.15, -0.1) is 0 Å². The van der Waals surface area contributed by atoms with Crippen LogP contribution < -0.4 is 0 Å². The lowest BCUT2D eigenvalue weighted by Gasteiger charge is -2.32. The van der Waals surface area contributed by atoms with Crippen molar-refractivity contribution < 1.29 is 39.9 Å². The van der Waals surface area contributed by atoms with Crippen molar-refractivity contribution in [3.8, 4) is 0 Å². The van der Waals surface area contributed by atoms with Gasteiger partial charge in [-0.1, -0.05) is 34.2 Å². The summed E-state index contributed by atoms with van der Waals surface area (Å²) in [4.78, 5) is 10.6. The number of nitrogens with zero attached hydrogens (tertiary/aromatic N) is 3. The lowest BCUT2D eigenvalue weighted by Crippen LogP contribution is -2.41. The maximum Gasteiger partial charge on any atom is 0.523 e. The minimum atomic E-state index is -5.44. The van der Waals surface area contributed by atoms with Gasteiger partial charge in [0.05, 0.1) is 17.3 Å². The van der Waals surface area contributed by atoms with Gasteiger partial charge in [-0.25, -0.2) is 0 Å². The molecule has 0 aliphatic carbocycles. The van der Waals surface area contributed by atoms with E-state index in [0.717, 1.165) is 52.5 Å². The molecule has 0 bridgehead atoms. The summed E-state index contributed by atoms with van der Waals surface area (Å²) >= 11 is 0. The highest BCUT2D eigenvalue weighted by atomic mass is 32.2. The third-order valence-electron chi connectivity index (χ3n) is 7.21. The smallest absolute Gasteiger partial charge is 0.400 e. The van der Waals surface area contributed by atoms with Crippen LogP contribution in [0.1, 0.15) is 59.8 Å². The Bertz CT molecular complexity index is 977. The Morgan fingerprint density at radius 1 is 0.911 bits per heavy atom. The van der Waals surface area contributed by atoms with Crippen molar-refractivity contribution in [3.63, 3.8) is 0 Å². The Morgan fingerprint density at radius 3 is 1.67 bits per heavy atom. The SMILES string of the molecule is CC1(C)OB(C2=CCN(P)CC2)OC1(C)C.O=C1CCN(P)CC1.O=S(=O)(OC1CCN(P)CC1)C(F)(F)F.[B].[B][B].[B][B][B]. The van der Waals surface area contributed by atoms with Crippen LogP contribution >= 0.6 is 28.2 Å². The van der Waals surface area contributed by atoms with Gasteiger partial charge in [-0.2, -0.15) is 21.6 Å². The molecule has 4 aliphatic heterocycles. The zero-order valence-electron chi connectivity index (χ0n) is 26.5. The second-order valence-corrected chi connectivity index (χ2v) is 14.9. The lowest BCUT2D eigenvalue weighted by atomic mass is 9.40. The number of rotatable bonds is 3. The standard InChI is InChI=1S/C11H21BNO2P.C6H11F3NO3PS.C5H10NOP.B3.B2.B/c1-10(2)11(3,4)15-12(14-10)9-5-7-13(16)8-6-9;7-6(8,9)15(11,12)13-5-1-3-10(14)4-2-5;7-5-1-3-6(8)4-2-5;1-3-2;1-2;/h5H,6-8,16H2,1-4H3;5H,1-4,14H2;1-4,8H2;;;. The molecule has 0 aromatic heterocycles. The molecule has 244 valence electrons. The van der Waals surface area contributed by atoms with Gasteiger partial charge in [0.15, 0.2) is 0 Å². The second kappa shape index (κ2) is 22.4. The van der Waals surface area contributed by atoms with Crippen LogP contribution in [0.15, 0.2) is 11.5 Å². The van der Waals surface area contributed by atoms with E-state index >= 15 is 0 Å². The number of piperidine rings is 2. The van der Waals surface area contributed by atoms with Gasteiger partial charge >= 0.3 is 22.7 Å². The van der Waals surface area contributed by atoms with E-state index in [9.17, 15) is 26.4 Å². The molecule has 0 spiro atoms. The molecule has 0 aromatic rings. The van der Waals surface area contributed by atoms with Gasteiger partial charge in [0, 0.05) is 98.5 Å². The Kier molecular flexibility index (Phi) is 23.8. The monoisotopic (exact) mass is 703 g/mol. The lowest BCUT2D eigenvalue weighted by molar-refractivity contribution is -0.120. The Balaban J connectivity index is 0. The fraction of sp³-hybridized carbons (Fsp3) is 0.864. The summed E-state index contributed by atoms with van der Waals surface area (Å²) in [5.41, 5.74) is -4.49. The van der Waals surface area contributed by atoms with Gasteiger partial charge in [0.1, 0.15) is 5.78 Å². The predicted octanol–water partition coefficient (Wildman–Crippen LogP) is 1.30. The van der Waals surface area contributed by atoms with Crippen LogP contribution in [0, 0.1) is 0 Å². The van der Waals surface area contributed by atoms with Crippen molar-refractivity contribution in [3.05, 3.63) is 11.5 Å². The third kappa shape index (κ3) is 17.8. The van der Waals surface area contributed by atoms with E-state index in [2.05, 4.69) is 106 Å². The van der Waals surface area contributed by atoms with Crippen LogP contribution in [0.25, 0.3) is 0 Å². The third-order valence-corrected chi connectivity index (χ3v) is 9.80. The minimum absolute atomic E-state index is 0. The fourth-order valence-electron chi connectivity index (χ4n) is 3.89. The molecule has 3 atom stereocenters. The van der Waals surface area contributed by atoms with Crippen molar-refractivity contribution >= 4 is 97.6 Å². The fourth-order valence-corrected chi connectivity index (χ4v) is 5.34. The highest BCUT2D eigenvalue weighted by Gasteiger charge is 2.52. The topological polar surface area (TPSA) is 88.6 Å². The average molecular weight is 702 g/mol. The molecular weight excluding hydrogens is 660 g/mol. The maximum atomic E-state index is 11.9. The van der Waals surface area contributed by atoms with Gasteiger partial charge in [-0.3, -0.25) is 23.0 Å². The first kappa shape index (κ1) is 47.8. The van der Waals surface area contributed by atoms with Crippen LogP contribution in [-0.4, -0.2) is 144 Å². The molecule has 3 saturated heterocycles. The van der Waals surface area contributed by atoms with E-state index in [0.29, 0.717) is 18.9 Å². The van der Waals surface area contributed by atoms with Gasteiger partial charge in [0.25, 0.3) is 0 Å². The predicted molar refractivity (Wildman–Crippen MR) is 190 cm³/mol. The molecule has 0 saturated carbocycles. The molecule has 12 radical (unpaired) electrons. The highest BCUT2D eigenvalue weighted by Crippen LogP contribution is 2.39. The Morgan fingerprint density at radius 2 is 1.31 bits per heavy atom. The van der Waals surface area contributed by atoms with E-state index in [1.54, 1.807) is 0 Å². The first-order valence-electron chi connectivity index (χ1n) is 13.9. The number of alkyl halides is 3. The second-order valence-electron chi connectivity index (χ2n) is 11.1. The van der Waals surface area contributed by atoms with Crippen LogP contribution in [0.3, 0.4) is 0 Å². The molecule has 0 aromatic carbocycles. The number of halogens is 3. The summed E-state index contributed by atoms with van der Waals surface area (Å²) in [6.07, 6.45) is 4.41. The van der Waals surface area contributed by atoms with Crippen molar-refractivity contribution in [2.45, 2.75) is 82.6 Å². The number of hydrogen-bond acceptors (Lipinski definition) is 9. The Labute approximate surface area is 284 Å². The molecule has 45 heavy (non-hydrogen) atoms. The van der Waals surface area contributed by atoms with E-state index < -0.39 is 21.7 Å². The summed E-state index contributed by atoms with van der Waals surface area (Å²) in [5, 5.41) is 0. The normalized spacial score (nSPS) is 22.3. The van der Waals surface area contributed by atoms with Crippen molar-refractivity contribution in [2.24, 2.45) is 0 Å². The van der Waals surface area contributed by atoms with Crippen molar-refractivity contribution in [1.29, 1.82) is 0 Å².